The van der Waals surface area contributed by atoms with Gasteiger partial charge in [0.15, 0.2) is 5.13 Å². The largest absolute Gasteiger partial charge is 0.364 e. The van der Waals surface area contributed by atoms with Gasteiger partial charge >= 0.3 is 0 Å². The summed E-state index contributed by atoms with van der Waals surface area (Å²) in [5.74, 6) is 0.173. The van der Waals surface area contributed by atoms with Crippen molar-refractivity contribution in [2.75, 3.05) is 35.2 Å². The highest BCUT2D eigenvalue weighted by molar-refractivity contribution is 7.15. The quantitative estimate of drug-likeness (QED) is 0.508. The Bertz CT molecular complexity index is 1040. The topological polar surface area (TPSA) is 115 Å². The summed E-state index contributed by atoms with van der Waals surface area (Å²) in [6, 6.07) is 6.24. The van der Waals surface area contributed by atoms with Crippen LogP contribution < -0.4 is 20.9 Å². The van der Waals surface area contributed by atoms with Crippen LogP contribution in [0.15, 0.2) is 24.4 Å². The standard InChI is InChI=1S/C19H23N7O2S/c1-11(27)22-18-24-15-4-3-5-16(17(15)25-18)26-7-6-20-9-13(26)8-14-10-21-19(29-14)23-12(2)28/h3-5,10,13,20H,6-9H2,1-2H3,(H,21,23,28)(H2,22,24,25,27). The Hall–Kier alpha value is -2.98. The number of fused-ring (bicyclic) bond motifs is 1. The molecule has 1 unspecified atom stereocenters. The number of carbonyl (C=O) groups excluding carboxylic acids is 2. The zero-order chi connectivity index (χ0) is 20.4. The van der Waals surface area contributed by atoms with Gasteiger partial charge in [0.25, 0.3) is 0 Å². The summed E-state index contributed by atoms with van der Waals surface area (Å²) in [7, 11) is 0. The molecule has 1 aliphatic heterocycles. The average molecular weight is 414 g/mol. The third-order valence-corrected chi connectivity index (χ3v) is 5.65. The first-order valence-corrected chi connectivity index (χ1v) is 10.3. The van der Waals surface area contributed by atoms with Crippen molar-refractivity contribution in [1.82, 2.24) is 20.3 Å². The zero-order valence-electron chi connectivity index (χ0n) is 16.3. The molecule has 152 valence electrons. The SMILES string of the molecule is CC(=O)Nc1nc2c(N3CCNCC3Cc3cnc(NC(C)=O)s3)cccc2[nH]1. The van der Waals surface area contributed by atoms with Gasteiger partial charge in [0.2, 0.25) is 17.8 Å². The monoisotopic (exact) mass is 413 g/mol. The van der Waals surface area contributed by atoms with E-state index in [0.29, 0.717) is 11.1 Å². The second-order valence-corrected chi connectivity index (χ2v) is 8.12. The highest BCUT2D eigenvalue weighted by Crippen LogP contribution is 2.30. The van der Waals surface area contributed by atoms with E-state index < -0.39 is 0 Å². The van der Waals surface area contributed by atoms with Gasteiger partial charge in [0.1, 0.15) is 5.52 Å². The molecule has 10 heteroatoms. The molecule has 4 N–H and O–H groups in total. The number of para-hydroxylation sites is 1. The molecule has 4 rings (SSSR count). The van der Waals surface area contributed by atoms with Gasteiger partial charge in [-0.15, -0.1) is 11.3 Å². The van der Waals surface area contributed by atoms with Crippen LogP contribution in [0.4, 0.5) is 16.8 Å². The molecule has 1 saturated heterocycles. The first-order chi connectivity index (χ1) is 14.0. The molecule has 0 spiro atoms. The van der Waals surface area contributed by atoms with E-state index in [4.69, 9.17) is 0 Å². The number of aromatic amines is 1. The van der Waals surface area contributed by atoms with Crippen LogP contribution in [-0.4, -0.2) is 52.4 Å². The number of hydrogen-bond acceptors (Lipinski definition) is 7. The minimum atomic E-state index is -0.161. The van der Waals surface area contributed by atoms with Crippen molar-refractivity contribution in [3.8, 4) is 0 Å². The van der Waals surface area contributed by atoms with Gasteiger partial charge < -0.3 is 20.5 Å². The van der Waals surface area contributed by atoms with Crippen molar-refractivity contribution in [3.05, 3.63) is 29.3 Å². The van der Waals surface area contributed by atoms with Crippen molar-refractivity contribution in [3.63, 3.8) is 0 Å². The fraction of sp³-hybridized carbons (Fsp3) is 0.368. The third-order valence-electron chi connectivity index (χ3n) is 4.72. The molecule has 3 aromatic rings. The molecule has 1 aliphatic rings. The smallest absolute Gasteiger partial charge is 0.223 e. The van der Waals surface area contributed by atoms with E-state index in [1.807, 2.05) is 18.3 Å². The summed E-state index contributed by atoms with van der Waals surface area (Å²) in [6.45, 7) is 5.52. The van der Waals surface area contributed by atoms with Crippen molar-refractivity contribution >= 4 is 51.0 Å². The van der Waals surface area contributed by atoms with Gasteiger partial charge in [-0.1, -0.05) is 6.07 Å². The lowest BCUT2D eigenvalue weighted by atomic mass is 10.1. The molecule has 0 bridgehead atoms. The maximum absolute atomic E-state index is 11.4. The molecule has 0 radical (unpaired) electrons. The van der Waals surface area contributed by atoms with Crippen molar-refractivity contribution in [2.24, 2.45) is 0 Å². The predicted octanol–water partition coefficient (Wildman–Crippen LogP) is 1.96. The van der Waals surface area contributed by atoms with Crippen molar-refractivity contribution in [1.29, 1.82) is 0 Å². The Morgan fingerprint density at radius 1 is 1.28 bits per heavy atom. The molecule has 2 amide bonds. The first-order valence-electron chi connectivity index (χ1n) is 9.45. The van der Waals surface area contributed by atoms with E-state index in [9.17, 15) is 9.59 Å². The van der Waals surface area contributed by atoms with Crippen molar-refractivity contribution in [2.45, 2.75) is 26.3 Å². The minimum absolute atomic E-state index is 0.118. The van der Waals surface area contributed by atoms with Crippen LogP contribution in [0.3, 0.4) is 0 Å². The highest BCUT2D eigenvalue weighted by Gasteiger charge is 2.26. The molecular formula is C19H23N7O2S. The first kappa shape index (κ1) is 19.3. The van der Waals surface area contributed by atoms with Crippen LogP contribution in [0.1, 0.15) is 18.7 Å². The number of aromatic nitrogens is 3. The number of carbonyl (C=O) groups is 2. The second kappa shape index (κ2) is 8.18. The van der Waals surface area contributed by atoms with Crippen LogP contribution in [0.2, 0.25) is 0 Å². The summed E-state index contributed by atoms with van der Waals surface area (Å²) in [5.41, 5.74) is 2.76. The number of nitrogens with zero attached hydrogens (tertiary/aromatic N) is 3. The van der Waals surface area contributed by atoms with E-state index >= 15 is 0 Å². The summed E-state index contributed by atoms with van der Waals surface area (Å²) in [6.07, 6.45) is 2.64. The number of rotatable bonds is 5. The minimum Gasteiger partial charge on any atom is -0.364 e. The third kappa shape index (κ3) is 4.38. The number of amides is 2. The van der Waals surface area contributed by atoms with E-state index in [2.05, 4.69) is 41.9 Å². The second-order valence-electron chi connectivity index (χ2n) is 7.01. The predicted molar refractivity (Wildman–Crippen MR) is 115 cm³/mol. The lowest BCUT2D eigenvalue weighted by Gasteiger charge is -2.38. The van der Waals surface area contributed by atoms with Gasteiger partial charge in [0, 0.05) is 57.0 Å². The molecular weight excluding hydrogens is 390 g/mol. The zero-order valence-corrected chi connectivity index (χ0v) is 17.1. The maximum atomic E-state index is 11.4. The summed E-state index contributed by atoms with van der Waals surface area (Å²) >= 11 is 1.50. The number of hydrogen-bond donors (Lipinski definition) is 4. The lowest BCUT2D eigenvalue weighted by Crippen LogP contribution is -2.52. The van der Waals surface area contributed by atoms with E-state index in [-0.39, 0.29) is 17.9 Å². The summed E-state index contributed by atoms with van der Waals surface area (Å²) in [5, 5.41) is 9.54. The average Bonchev–Trinajstić information content (AvgIpc) is 3.27. The Kier molecular flexibility index (Phi) is 5.45. The van der Waals surface area contributed by atoms with Gasteiger partial charge in [-0.25, -0.2) is 9.97 Å². The number of benzene rings is 1. The molecule has 3 heterocycles. The molecule has 9 nitrogen and oxygen atoms in total. The van der Waals surface area contributed by atoms with Gasteiger partial charge in [-0.05, 0) is 12.1 Å². The Morgan fingerprint density at radius 3 is 2.90 bits per heavy atom. The molecule has 29 heavy (non-hydrogen) atoms. The fourth-order valence-electron chi connectivity index (χ4n) is 3.58. The van der Waals surface area contributed by atoms with Crippen LogP contribution >= 0.6 is 11.3 Å². The van der Waals surface area contributed by atoms with E-state index in [1.165, 1.54) is 25.2 Å². The van der Waals surface area contributed by atoms with Crippen molar-refractivity contribution < 1.29 is 9.59 Å². The number of thiazole rings is 1. The lowest BCUT2D eigenvalue weighted by molar-refractivity contribution is -0.115. The maximum Gasteiger partial charge on any atom is 0.223 e. The summed E-state index contributed by atoms with van der Waals surface area (Å²) in [4.78, 5) is 38.1. The molecule has 1 aromatic carbocycles. The van der Waals surface area contributed by atoms with Crippen LogP contribution in [-0.2, 0) is 16.0 Å². The Balaban J connectivity index is 1.60. The molecule has 0 saturated carbocycles. The van der Waals surface area contributed by atoms with Gasteiger partial charge in [-0.2, -0.15) is 0 Å². The van der Waals surface area contributed by atoms with Gasteiger partial charge in [-0.3, -0.25) is 14.9 Å². The Morgan fingerprint density at radius 2 is 2.10 bits per heavy atom. The molecule has 1 atom stereocenters. The summed E-state index contributed by atoms with van der Waals surface area (Å²) < 4.78 is 0. The number of imidazole rings is 1. The van der Waals surface area contributed by atoms with E-state index in [1.54, 1.807) is 0 Å². The molecule has 0 aliphatic carbocycles. The van der Waals surface area contributed by atoms with Crippen LogP contribution in [0.5, 0.6) is 0 Å². The molecule has 2 aromatic heterocycles. The highest BCUT2D eigenvalue weighted by atomic mass is 32.1. The normalized spacial score (nSPS) is 16.8. The number of anilines is 3. The van der Waals surface area contributed by atoms with Crippen LogP contribution in [0, 0.1) is 0 Å². The number of nitrogens with one attached hydrogen (secondary N) is 4. The van der Waals surface area contributed by atoms with Crippen LogP contribution in [0.25, 0.3) is 11.0 Å². The molecule has 1 fully saturated rings. The fourth-order valence-corrected chi connectivity index (χ4v) is 4.51. The Labute approximate surface area is 171 Å². The number of piperazine rings is 1. The van der Waals surface area contributed by atoms with Gasteiger partial charge in [0.05, 0.1) is 11.2 Å². The van der Waals surface area contributed by atoms with E-state index in [0.717, 1.165) is 47.7 Å². The number of H-pyrrole nitrogens is 1.